The quantitative estimate of drug-likeness (QED) is 0.540. The van der Waals surface area contributed by atoms with Gasteiger partial charge in [0, 0.05) is 23.9 Å². The van der Waals surface area contributed by atoms with Crippen molar-refractivity contribution in [3.05, 3.63) is 70.0 Å². The summed E-state index contributed by atoms with van der Waals surface area (Å²) in [6, 6.07) is 14.3. The van der Waals surface area contributed by atoms with Crippen molar-refractivity contribution < 1.29 is 14.3 Å². The molecule has 0 saturated heterocycles. The molecule has 1 heterocycles. The van der Waals surface area contributed by atoms with Crippen molar-refractivity contribution in [1.82, 2.24) is 14.7 Å². The first-order chi connectivity index (χ1) is 14.8. The molecule has 8 heteroatoms. The van der Waals surface area contributed by atoms with Crippen LogP contribution in [0.5, 0.6) is 5.75 Å². The van der Waals surface area contributed by atoms with Crippen LogP contribution in [0.1, 0.15) is 28.7 Å². The smallest absolute Gasteiger partial charge is 0.254 e. The number of ether oxygens (including phenoxy) is 1. The molecule has 3 aromatic rings. The second-order valence-electron chi connectivity index (χ2n) is 7.04. The molecule has 31 heavy (non-hydrogen) atoms. The second kappa shape index (κ2) is 9.78. The lowest BCUT2D eigenvalue weighted by molar-refractivity contribution is -0.116. The molecule has 0 aliphatic heterocycles. The number of hydrogen-bond acceptors (Lipinski definition) is 4. The summed E-state index contributed by atoms with van der Waals surface area (Å²) in [6.45, 7) is 6.12. The highest BCUT2D eigenvalue weighted by atomic mass is 79.9. The van der Waals surface area contributed by atoms with Crippen molar-refractivity contribution in [3.63, 3.8) is 0 Å². The van der Waals surface area contributed by atoms with Crippen LogP contribution in [0.15, 0.2) is 53.0 Å². The fourth-order valence-electron chi connectivity index (χ4n) is 3.20. The third kappa shape index (κ3) is 5.14. The van der Waals surface area contributed by atoms with E-state index in [0.29, 0.717) is 23.5 Å². The summed E-state index contributed by atoms with van der Waals surface area (Å²) in [7, 11) is 1.57. The lowest BCUT2D eigenvalue weighted by atomic mass is 10.1. The van der Waals surface area contributed by atoms with E-state index in [9.17, 15) is 9.59 Å². The number of nitrogens with one attached hydrogen (secondary N) is 1. The standard InChI is InChI=1S/C23H25BrN4O3/c1-5-27(14-21(29)25-18-7-6-8-20(13-18)31-4)23(30)17-9-11-19(12-10-17)28-16(3)22(24)15(2)26-28/h6-13H,5,14H2,1-4H3,(H,25,29). The Hall–Kier alpha value is -3.13. The molecule has 7 nitrogen and oxygen atoms in total. The van der Waals surface area contributed by atoms with Gasteiger partial charge in [0.1, 0.15) is 12.3 Å². The molecule has 0 spiro atoms. The molecule has 0 fully saturated rings. The first kappa shape index (κ1) is 22.6. The van der Waals surface area contributed by atoms with Gasteiger partial charge in [0.2, 0.25) is 5.91 Å². The van der Waals surface area contributed by atoms with Crippen molar-refractivity contribution in [2.75, 3.05) is 25.5 Å². The summed E-state index contributed by atoms with van der Waals surface area (Å²) in [6.07, 6.45) is 0. The Morgan fingerprint density at radius 2 is 1.87 bits per heavy atom. The predicted octanol–water partition coefficient (Wildman–Crippen LogP) is 4.36. The predicted molar refractivity (Wildman–Crippen MR) is 124 cm³/mol. The lowest BCUT2D eigenvalue weighted by Gasteiger charge is -2.20. The third-order valence-corrected chi connectivity index (χ3v) is 6.07. The number of benzene rings is 2. The Kier molecular flexibility index (Phi) is 7.12. The van der Waals surface area contributed by atoms with Crippen LogP contribution in [-0.2, 0) is 4.79 Å². The zero-order valence-corrected chi connectivity index (χ0v) is 19.6. The Morgan fingerprint density at radius 1 is 1.16 bits per heavy atom. The normalized spacial score (nSPS) is 10.6. The van der Waals surface area contributed by atoms with Gasteiger partial charge in [-0.3, -0.25) is 9.59 Å². The number of likely N-dealkylation sites (N-methyl/N-ethyl adjacent to an activating group) is 1. The number of amides is 2. The minimum Gasteiger partial charge on any atom is -0.497 e. The maximum atomic E-state index is 12.9. The van der Waals surface area contributed by atoms with Gasteiger partial charge in [0.15, 0.2) is 0 Å². The number of carbonyl (C=O) groups is 2. The van der Waals surface area contributed by atoms with E-state index < -0.39 is 0 Å². The molecule has 0 aliphatic rings. The Labute approximate surface area is 190 Å². The van der Waals surface area contributed by atoms with Crippen LogP contribution in [0.3, 0.4) is 0 Å². The molecule has 3 rings (SSSR count). The fourth-order valence-corrected chi connectivity index (χ4v) is 3.45. The molecule has 2 aromatic carbocycles. The molecule has 0 aliphatic carbocycles. The van der Waals surface area contributed by atoms with Gasteiger partial charge >= 0.3 is 0 Å². The summed E-state index contributed by atoms with van der Waals surface area (Å²) in [5.74, 6) is 0.174. The van der Waals surface area contributed by atoms with Gasteiger partial charge in [-0.25, -0.2) is 4.68 Å². The highest BCUT2D eigenvalue weighted by Crippen LogP contribution is 2.23. The summed E-state index contributed by atoms with van der Waals surface area (Å²) < 4.78 is 7.96. The maximum Gasteiger partial charge on any atom is 0.254 e. The van der Waals surface area contributed by atoms with Crippen molar-refractivity contribution in [3.8, 4) is 11.4 Å². The van der Waals surface area contributed by atoms with Gasteiger partial charge in [-0.15, -0.1) is 0 Å². The van der Waals surface area contributed by atoms with Gasteiger partial charge in [-0.1, -0.05) is 6.07 Å². The average Bonchev–Trinajstić information content (AvgIpc) is 3.04. The number of aryl methyl sites for hydroxylation is 1. The van der Waals surface area contributed by atoms with E-state index in [0.717, 1.165) is 21.5 Å². The molecule has 0 atom stereocenters. The van der Waals surface area contributed by atoms with Crippen molar-refractivity contribution in [2.24, 2.45) is 0 Å². The first-order valence-electron chi connectivity index (χ1n) is 9.89. The molecule has 2 amide bonds. The number of rotatable bonds is 7. The molecule has 162 valence electrons. The number of hydrogen-bond donors (Lipinski definition) is 1. The van der Waals surface area contributed by atoms with Crippen molar-refractivity contribution in [2.45, 2.75) is 20.8 Å². The first-order valence-corrected chi connectivity index (χ1v) is 10.7. The number of nitrogens with zero attached hydrogens (tertiary/aromatic N) is 3. The number of methoxy groups -OCH3 is 1. The molecule has 0 radical (unpaired) electrons. The van der Waals surface area contributed by atoms with E-state index >= 15 is 0 Å². The van der Waals surface area contributed by atoms with Crippen LogP contribution < -0.4 is 10.1 Å². The van der Waals surface area contributed by atoms with Gasteiger partial charge in [0.05, 0.1) is 28.7 Å². The second-order valence-corrected chi connectivity index (χ2v) is 7.84. The Morgan fingerprint density at radius 3 is 2.45 bits per heavy atom. The van der Waals surface area contributed by atoms with E-state index in [2.05, 4.69) is 26.3 Å². The molecular weight excluding hydrogens is 460 g/mol. The van der Waals surface area contributed by atoms with Crippen LogP contribution in [0, 0.1) is 13.8 Å². The van der Waals surface area contributed by atoms with E-state index in [1.807, 2.05) is 37.6 Å². The largest absolute Gasteiger partial charge is 0.497 e. The topological polar surface area (TPSA) is 76.5 Å². The SMILES string of the molecule is CCN(CC(=O)Nc1cccc(OC)c1)C(=O)c1ccc(-n2nc(C)c(Br)c2C)cc1. The van der Waals surface area contributed by atoms with Gasteiger partial charge in [-0.05, 0) is 73.1 Å². The van der Waals surface area contributed by atoms with Crippen LogP contribution in [0.2, 0.25) is 0 Å². The average molecular weight is 485 g/mol. The minimum absolute atomic E-state index is 0.0430. The Bertz CT molecular complexity index is 1090. The molecule has 1 N–H and O–H groups in total. The van der Waals surface area contributed by atoms with Crippen LogP contribution in [0.25, 0.3) is 5.69 Å². The molecule has 0 unspecified atom stereocenters. The van der Waals surface area contributed by atoms with Crippen LogP contribution >= 0.6 is 15.9 Å². The number of carbonyl (C=O) groups excluding carboxylic acids is 2. The molecule has 0 bridgehead atoms. The zero-order chi connectivity index (χ0) is 22.5. The van der Waals surface area contributed by atoms with Crippen LogP contribution in [0.4, 0.5) is 5.69 Å². The van der Waals surface area contributed by atoms with E-state index in [1.54, 1.807) is 43.5 Å². The maximum absolute atomic E-state index is 12.9. The van der Waals surface area contributed by atoms with Crippen molar-refractivity contribution >= 4 is 33.4 Å². The van der Waals surface area contributed by atoms with Gasteiger partial charge < -0.3 is 15.0 Å². The van der Waals surface area contributed by atoms with Gasteiger partial charge in [-0.2, -0.15) is 5.10 Å². The van der Waals surface area contributed by atoms with E-state index in [-0.39, 0.29) is 18.4 Å². The molecular formula is C23H25BrN4O3. The molecule has 1 aromatic heterocycles. The summed E-state index contributed by atoms with van der Waals surface area (Å²) in [5.41, 5.74) is 3.88. The minimum atomic E-state index is -0.271. The highest BCUT2D eigenvalue weighted by molar-refractivity contribution is 9.10. The number of halogens is 1. The van der Waals surface area contributed by atoms with E-state index in [4.69, 9.17) is 4.74 Å². The van der Waals surface area contributed by atoms with E-state index in [1.165, 1.54) is 4.90 Å². The third-order valence-electron chi connectivity index (χ3n) is 4.92. The summed E-state index contributed by atoms with van der Waals surface area (Å²) >= 11 is 3.53. The summed E-state index contributed by atoms with van der Waals surface area (Å²) in [5, 5.41) is 7.31. The van der Waals surface area contributed by atoms with Crippen molar-refractivity contribution in [1.29, 1.82) is 0 Å². The monoisotopic (exact) mass is 484 g/mol. The fraction of sp³-hybridized carbons (Fsp3) is 0.261. The number of aromatic nitrogens is 2. The summed E-state index contributed by atoms with van der Waals surface area (Å²) in [4.78, 5) is 26.9. The highest BCUT2D eigenvalue weighted by Gasteiger charge is 2.18. The van der Waals surface area contributed by atoms with Gasteiger partial charge in [0.25, 0.3) is 5.91 Å². The molecule has 0 saturated carbocycles. The van der Waals surface area contributed by atoms with Crippen LogP contribution in [-0.4, -0.2) is 46.7 Å². The lowest BCUT2D eigenvalue weighted by Crippen LogP contribution is -2.37. The number of anilines is 1. The Balaban J connectivity index is 1.69. The zero-order valence-electron chi connectivity index (χ0n) is 18.0.